The van der Waals surface area contributed by atoms with E-state index in [9.17, 15) is 4.79 Å². The Morgan fingerprint density at radius 1 is 1.36 bits per heavy atom. The molecule has 1 aromatic rings. The van der Waals surface area contributed by atoms with Crippen LogP contribution in [0.1, 0.15) is 25.7 Å². The minimum absolute atomic E-state index is 0.0496. The Balaban J connectivity index is 1.37. The third-order valence-corrected chi connectivity index (χ3v) is 5.86. The first-order chi connectivity index (χ1) is 12.1. The minimum Gasteiger partial charge on any atom is -0.371 e. The van der Waals surface area contributed by atoms with Crippen LogP contribution in [0.25, 0.3) is 0 Å². The number of rotatable bonds is 5. The van der Waals surface area contributed by atoms with Crippen LogP contribution in [-0.4, -0.2) is 73.3 Å². The fourth-order valence-electron chi connectivity index (χ4n) is 4.31. The van der Waals surface area contributed by atoms with Crippen molar-refractivity contribution >= 4 is 17.5 Å². The average Bonchev–Trinajstić information content (AvgIpc) is 3.17. The zero-order chi connectivity index (χ0) is 17.4. The highest BCUT2D eigenvalue weighted by molar-refractivity contribution is 5.78. The molecule has 0 bridgehead atoms. The third kappa shape index (κ3) is 3.05. The normalized spacial score (nSPS) is 24.9. The van der Waals surface area contributed by atoms with E-state index in [0.717, 1.165) is 70.1 Å². The molecule has 0 N–H and O–H groups in total. The molecule has 0 radical (unpaired) electrons. The van der Waals surface area contributed by atoms with Gasteiger partial charge in [-0.2, -0.15) is 0 Å². The van der Waals surface area contributed by atoms with Gasteiger partial charge in [-0.1, -0.05) is 0 Å². The second-order valence-electron chi connectivity index (χ2n) is 7.66. The smallest absolute Gasteiger partial charge is 0.222 e. The number of nitrogens with zero attached hydrogens (tertiary/aromatic N) is 5. The maximum atomic E-state index is 11.8. The van der Waals surface area contributed by atoms with Crippen molar-refractivity contribution in [2.24, 2.45) is 5.92 Å². The topological polar surface area (TPSA) is 61.8 Å². The molecule has 0 unspecified atom stereocenters. The van der Waals surface area contributed by atoms with Crippen molar-refractivity contribution in [3.05, 3.63) is 12.4 Å². The molecular weight excluding hydrogens is 318 g/mol. The molecule has 1 atom stereocenters. The molecular formula is C18H27N5O2. The van der Waals surface area contributed by atoms with E-state index in [1.165, 1.54) is 0 Å². The summed E-state index contributed by atoms with van der Waals surface area (Å²) in [4.78, 5) is 26.8. The molecule has 4 heterocycles. The number of amides is 1. The van der Waals surface area contributed by atoms with Crippen LogP contribution in [-0.2, 0) is 9.53 Å². The molecule has 0 aliphatic carbocycles. The van der Waals surface area contributed by atoms with E-state index in [-0.39, 0.29) is 5.60 Å². The van der Waals surface area contributed by atoms with Crippen molar-refractivity contribution in [2.45, 2.75) is 31.3 Å². The van der Waals surface area contributed by atoms with Gasteiger partial charge in [-0.25, -0.2) is 9.97 Å². The quantitative estimate of drug-likeness (QED) is 0.798. The van der Waals surface area contributed by atoms with E-state index in [0.29, 0.717) is 11.8 Å². The highest BCUT2D eigenvalue weighted by Crippen LogP contribution is 2.43. The fourth-order valence-corrected chi connectivity index (χ4v) is 4.31. The molecule has 0 aromatic carbocycles. The van der Waals surface area contributed by atoms with E-state index < -0.39 is 0 Å². The Labute approximate surface area is 149 Å². The fraction of sp³-hybridized carbons (Fsp3) is 0.722. The minimum atomic E-state index is -0.0496. The number of hydrogen-bond acceptors (Lipinski definition) is 6. The van der Waals surface area contributed by atoms with E-state index in [2.05, 4.69) is 14.9 Å². The molecule has 7 nitrogen and oxygen atoms in total. The Morgan fingerprint density at radius 2 is 2.20 bits per heavy atom. The molecule has 7 heteroatoms. The van der Waals surface area contributed by atoms with Crippen LogP contribution in [0.3, 0.4) is 0 Å². The molecule has 3 aliphatic rings. The van der Waals surface area contributed by atoms with Gasteiger partial charge in [-0.05, 0) is 25.2 Å². The first-order valence-electron chi connectivity index (χ1n) is 9.23. The van der Waals surface area contributed by atoms with E-state index >= 15 is 0 Å². The van der Waals surface area contributed by atoms with Gasteiger partial charge in [0.25, 0.3) is 0 Å². The van der Waals surface area contributed by atoms with Gasteiger partial charge in [0, 0.05) is 46.3 Å². The van der Waals surface area contributed by atoms with Crippen LogP contribution < -0.4 is 9.80 Å². The summed E-state index contributed by atoms with van der Waals surface area (Å²) in [5.41, 5.74) is -0.0496. The lowest BCUT2D eigenvalue weighted by atomic mass is 9.79. The molecule has 3 saturated heterocycles. The Morgan fingerprint density at radius 3 is 2.92 bits per heavy atom. The van der Waals surface area contributed by atoms with Gasteiger partial charge in [-0.3, -0.25) is 4.79 Å². The Bertz CT molecular complexity index is 644. The van der Waals surface area contributed by atoms with E-state index in [1.54, 1.807) is 6.33 Å². The monoisotopic (exact) mass is 345 g/mol. The molecule has 136 valence electrons. The summed E-state index contributed by atoms with van der Waals surface area (Å²) < 4.78 is 6.16. The highest BCUT2D eigenvalue weighted by Gasteiger charge is 2.53. The number of carbonyl (C=O) groups is 1. The SMILES string of the molecule is CN(C)c1cc(N2CC3(C2)OCC[C@@H]3CCN2CCCC2=O)ncn1. The summed E-state index contributed by atoms with van der Waals surface area (Å²) in [7, 11) is 3.97. The van der Waals surface area contributed by atoms with Crippen molar-refractivity contribution in [3.63, 3.8) is 0 Å². The van der Waals surface area contributed by atoms with E-state index in [4.69, 9.17) is 4.74 Å². The molecule has 3 aliphatic heterocycles. The van der Waals surface area contributed by atoms with Gasteiger partial charge in [-0.15, -0.1) is 0 Å². The standard InChI is InChI=1S/C18H27N5O2/c1-21(2)15-10-16(20-13-19-15)23-11-18(12-23)14(6-9-25-18)5-8-22-7-3-4-17(22)24/h10,13-14H,3-9,11-12H2,1-2H3/t14-/m0/s1. The summed E-state index contributed by atoms with van der Waals surface area (Å²) in [5, 5.41) is 0. The Kier molecular flexibility index (Phi) is 4.27. The van der Waals surface area contributed by atoms with Crippen molar-refractivity contribution < 1.29 is 9.53 Å². The first kappa shape index (κ1) is 16.6. The molecule has 1 aromatic heterocycles. The van der Waals surface area contributed by atoms with E-state index in [1.807, 2.05) is 30.0 Å². The van der Waals surface area contributed by atoms with Crippen LogP contribution in [0, 0.1) is 5.92 Å². The zero-order valence-electron chi connectivity index (χ0n) is 15.1. The molecule has 1 spiro atoms. The number of aromatic nitrogens is 2. The van der Waals surface area contributed by atoms with Crippen LogP contribution in [0.5, 0.6) is 0 Å². The van der Waals surface area contributed by atoms with Gasteiger partial charge < -0.3 is 19.4 Å². The molecule has 25 heavy (non-hydrogen) atoms. The lowest BCUT2D eigenvalue weighted by molar-refractivity contribution is -0.128. The van der Waals surface area contributed by atoms with Crippen molar-refractivity contribution in [1.82, 2.24) is 14.9 Å². The molecule has 0 saturated carbocycles. The largest absolute Gasteiger partial charge is 0.371 e. The predicted molar refractivity (Wildman–Crippen MR) is 95.8 cm³/mol. The summed E-state index contributed by atoms with van der Waals surface area (Å²) in [6, 6.07) is 2.03. The highest BCUT2D eigenvalue weighted by atomic mass is 16.5. The van der Waals surface area contributed by atoms with Gasteiger partial charge >= 0.3 is 0 Å². The number of anilines is 2. The summed E-state index contributed by atoms with van der Waals surface area (Å²) in [6.07, 6.45) is 5.51. The lowest BCUT2D eigenvalue weighted by Crippen LogP contribution is -2.65. The van der Waals surface area contributed by atoms with Crippen LogP contribution >= 0.6 is 0 Å². The summed E-state index contributed by atoms with van der Waals surface area (Å²) >= 11 is 0. The first-order valence-corrected chi connectivity index (χ1v) is 9.23. The number of hydrogen-bond donors (Lipinski definition) is 0. The third-order valence-electron chi connectivity index (χ3n) is 5.86. The summed E-state index contributed by atoms with van der Waals surface area (Å²) in [6.45, 7) is 4.41. The van der Waals surface area contributed by atoms with Crippen molar-refractivity contribution in [1.29, 1.82) is 0 Å². The van der Waals surface area contributed by atoms with Gasteiger partial charge in [0.1, 0.15) is 23.6 Å². The van der Waals surface area contributed by atoms with Crippen LogP contribution in [0.15, 0.2) is 12.4 Å². The lowest BCUT2D eigenvalue weighted by Gasteiger charge is -2.51. The summed E-state index contributed by atoms with van der Waals surface area (Å²) in [5.74, 6) is 2.74. The van der Waals surface area contributed by atoms with Crippen LogP contribution in [0.2, 0.25) is 0 Å². The van der Waals surface area contributed by atoms with Gasteiger partial charge in [0.05, 0.1) is 13.1 Å². The average molecular weight is 345 g/mol. The number of ether oxygens (including phenoxy) is 1. The second kappa shape index (κ2) is 6.44. The second-order valence-corrected chi connectivity index (χ2v) is 7.66. The zero-order valence-corrected chi connectivity index (χ0v) is 15.1. The van der Waals surface area contributed by atoms with Crippen molar-refractivity contribution in [2.75, 3.05) is 56.7 Å². The number of likely N-dealkylation sites (tertiary alicyclic amines) is 1. The molecule has 4 rings (SSSR count). The Hall–Kier alpha value is -1.89. The van der Waals surface area contributed by atoms with Crippen molar-refractivity contribution in [3.8, 4) is 0 Å². The predicted octanol–water partition coefficient (Wildman–Crippen LogP) is 1.15. The maximum absolute atomic E-state index is 11.8. The molecule has 1 amide bonds. The van der Waals surface area contributed by atoms with Crippen LogP contribution in [0.4, 0.5) is 11.6 Å². The molecule has 3 fully saturated rings. The van der Waals surface area contributed by atoms with Gasteiger partial charge in [0.15, 0.2) is 0 Å². The maximum Gasteiger partial charge on any atom is 0.222 e. The van der Waals surface area contributed by atoms with Gasteiger partial charge in [0.2, 0.25) is 5.91 Å². The number of carbonyl (C=O) groups excluding carboxylic acids is 1.